The first kappa shape index (κ1) is 12.5. The minimum Gasteiger partial charge on any atom is -0.348 e. The molecule has 18 heavy (non-hydrogen) atoms. The highest BCUT2D eigenvalue weighted by Crippen LogP contribution is 2.37. The summed E-state index contributed by atoms with van der Waals surface area (Å²) in [6.45, 7) is 2.17. The van der Waals surface area contributed by atoms with E-state index in [9.17, 15) is 0 Å². The molecule has 6 heteroatoms. The zero-order valence-electron chi connectivity index (χ0n) is 9.77. The number of alkyl halides is 2. The van der Waals surface area contributed by atoms with E-state index >= 15 is 0 Å². The highest BCUT2D eigenvalue weighted by atomic mass is 35.5. The maximum Gasteiger partial charge on any atom is 0.188 e. The van der Waals surface area contributed by atoms with Gasteiger partial charge in [-0.25, -0.2) is 4.98 Å². The number of anilines is 1. The summed E-state index contributed by atoms with van der Waals surface area (Å²) >= 11 is 13.6. The van der Waals surface area contributed by atoms with Gasteiger partial charge in [0.1, 0.15) is 4.84 Å². The van der Waals surface area contributed by atoms with Gasteiger partial charge in [-0.3, -0.25) is 0 Å². The van der Waals surface area contributed by atoms with Crippen LogP contribution >= 0.6 is 34.5 Å². The molecular weight excluding hydrogens is 289 g/mol. The van der Waals surface area contributed by atoms with Gasteiger partial charge >= 0.3 is 0 Å². The van der Waals surface area contributed by atoms with Crippen LogP contribution < -0.4 is 4.90 Å². The van der Waals surface area contributed by atoms with Crippen LogP contribution in [0.1, 0.15) is 29.7 Å². The number of pyridine rings is 1. The first-order valence-corrected chi connectivity index (χ1v) is 7.73. The van der Waals surface area contributed by atoms with Crippen LogP contribution in [0, 0.1) is 0 Å². The molecule has 0 spiro atoms. The second-order valence-electron chi connectivity index (χ2n) is 4.40. The molecule has 0 radical (unpaired) electrons. The van der Waals surface area contributed by atoms with Crippen molar-refractivity contribution >= 4 is 50.0 Å². The van der Waals surface area contributed by atoms with Crippen LogP contribution in [0.4, 0.5) is 5.13 Å². The van der Waals surface area contributed by atoms with E-state index in [1.54, 1.807) is 17.5 Å². The molecule has 0 amide bonds. The lowest BCUT2D eigenvalue weighted by Crippen LogP contribution is -2.29. The van der Waals surface area contributed by atoms with Crippen LogP contribution in [0.5, 0.6) is 0 Å². The van der Waals surface area contributed by atoms with Crippen LogP contribution in [0.3, 0.4) is 0 Å². The van der Waals surface area contributed by atoms with Gasteiger partial charge in [-0.1, -0.05) is 11.3 Å². The lowest BCUT2D eigenvalue weighted by molar-refractivity contribution is 0.577. The van der Waals surface area contributed by atoms with Crippen molar-refractivity contribution in [3.05, 3.63) is 17.8 Å². The summed E-state index contributed by atoms with van der Waals surface area (Å²) in [7, 11) is 0. The first-order chi connectivity index (χ1) is 8.75. The van der Waals surface area contributed by atoms with Gasteiger partial charge in [-0.2, -0.15) is 4.98 Å². The number of aromatic nitrogens is 2. The Bertz CT molecular complexity index is 549. The molecule has 1 aliphatic heterocycles. The van der Waals surface area contributed by atoms with Gasteiger partial charge in [-0.05, 0) is 25.3 Å². The molecule has 0 atom stereocenters. The van der Waals surface area contributed by atoms with E-state index in [2.05, 4.69) is 14.9 Å². The van der Waals surface area contributed by atoms with Crippen molar-refractivity contribution in [2.75, 3.05) is 18.0 Å². The molecule has 2 aromatic rings. The summed E-state index contributed by atoms with van der Waals surface area (Å²) < 4.78 is 1.01. The normalized spacial score (nSPS) is 16.7. The summed E-state index contributed by atoms with van der Waals surface area (Å²) in [6.07, 6.45) is 5.51. The van der Waals surface area contributed by atoms with Gasteiger partial charge < -0.3 is 4.90 Å². The molecule has 0 N–H and O–H groups in total. The predicted molar refractivity (Wildman–Crippen MR) is 77.9 cm³/mol. The molecule has 0 aromatic carbocycles. The van der Waals surface area contributed by atoms with Crippen LogP contribution in [-0.2, 0) is 0 Å². The summed E-state index contributed by atoms with van der Waals surface area (Å²) in [6, 6.07) is 1.87. The molecular formula is C12H13Cl2N3S. The minimum absolute atomic E-state index is 0.523. The Labute approximate surface area is 120 Å². The van der Waals surface area contributed by atoms with Crippen LogP contribution in [0.15, 0.2) is 12.3 Å². The standard InChI is InChI=1S/C12H13Cl2N3S/c13-10(14)8-4-5-15-11-9(8)18-12(16-11)17-6-2-1-3-7-17/h4-5,10H,1-3,6-7H2. The fourth-order valence-electron chi connectivity index (χ4n) is 2.23. The molecule has 0 saturated carbocycles. The largest absolute Gasteiger partial charge is 0.348 e. The number of hydrogen-bond donors (Lipinski definition) is 0. The van der Waals surface area contributed by atoms with Crippen molar-refractivity contribution in [1.82, 2.24) is 9.97 Å². The number of halogens is 2. The van der Waals surface area contributed by atoms with Gasteiger partial charge in [0.25, 0.3) is 0 Å². The molecule has 3 rings (SSSR count). The van der Waals surface area contributed by atoms with Crippen LogP contribution in [0.2, 0.25) is 0 Å². The van der Waals surface area contributed by atoms with Crippen molar-refractivity contribution in [2.45, 2.75) is 24.1 Å². The Balaban J connectivity index is 2.02. The van der Waals surface area contributed by atoms with E-state index < -0.39 is 4.84 Å². The maximum atomic E-state index is 5.98. The van der Waals surface area contributed by atoms with Gasteiger partial charge in [-0.15, -0.1) is 23.2 Å². The number of rotatable bonds is 2. The third kappa shape index (κ3) is 2.29. The Kier molecular flexibility index (Phi) is 3.59. The molecule has 0 aliphatic carbocycles. The lowest BCUT2D eigenvalue weighted by Gasteiger charge is -2.25. The number of piperidine rings is 1. The van der Waals surface area contributed by atoms with E-state index in [0.29, 0.717) is 0 Å². The van der Waals surface area contributed by atoms with E-state index in [-0.39, 0.29) is 0 Å². The monoisotopic (exact) mass is 301 g/mol. The molecule has 1 aliphatic rings. The smallest absolute Gasteiger partial charge is 0.188 e. The number of nitrogens with zero attached hydrogens (tertiary/aromatic N) is 3. The molecule has 0 unspecified atom stereocenters. The van der Waals surface area contributed by atoms with Gasteiger partial charge in [0.2, 0.25) is 0 Å². The lowest BCUT2D eigenvalue weighted by atomic mass is 10.1. The van der Waals surface area contributed by atoms with Crippen molar-refractivity contribution in [1.29, 1.82) is 0 Å². The van der Waals surface area contributed by atoms with Crippen molar-refractivity contribution < 1.29 is 0 Å². The first-order valence-electron chi connectivity index (χ1n) is 6.04. The van der Waals surface area contributed by atoms with Crippen molar-refractivity contribution in [3.63, 3.8) is 0 Å². The van der Waals surface area contributed by atoms with E-state index in [0.717, 1.165) is 34.1 Å². The Hall–Kier alpha value is -0.580. The Morgan fingerprint density at radius 2 is 2.00 bits per heavy atom. The highest BCUT2D eigenvalue weighted by Gasteiger charge is 2.18. The SMILES string of the molecule is ClC(Cl)c1ccnc2nc(N3CCCCC3)sc12. The fraction of sp³-hybridized carbons (Fsp3) is 0.500. The van der Waals surface area contributed by atoms with Crippen molar-refractivity contribution in [3.8, 4) is 0 Å². The molecule has 2 aromatic heterocycles. The zero-order valence-corrected chi connectivity index (χ0v) is 12.1. The number of thiazole rings is 1. The summed E-state index contributed by atoms with van der Waals surface area (Å²) in [5, 5.41) is 1.04. The van der Waals surface area contributed by atoms with Crippen LogP contribution in [-0.4, -0.2) is 23.1 Å². The quantitative estimate of drug-likeness (QED) is 0.780. The van der Waals surface area contributed by atoms with Gasteiger partial charge in [0.05, 0.1) is 4.70 Å². The second kappa shape index (κ2) is 5.19. The molecule has 3 nitrogen and oxygen atoms in total. The van der Waals surface area contributed by atoms with Gasteiger partial charge in [0, 0.05) is 24.8 Å². The maximum absolute atomic E-state index is 5.98. The van der Waals surface area contributed by atoms with E-state index in [1.165, 1.54) is 19.3 Å². The average Bonchev–Trinajstić information content (AvgIpc) is 2.83. The predicted octanol–water partition coefficient (Wildman–Crippen LogP) is 4.16. The van der Waals surface area contributed by atoms with Gasteiger partial charge in [0.15, 0.2) is 10.8 Å². The molecule has 1 saturated heterocycles. The molecule has 3 heterocycles. The average molecular weight is 302 g/mol. The molecule has 96 valence electrons. The second-order valence-corrected chi connectivity index (χ2v) is 6.47. The topological polar surface area (TPSA) is 29.0 Å². The number of fused-ring (bicyclic) bond motifs is 1. The third-order valence-corrected chi connectivity index (χ3v) is 4.80. The third-order valence-electron chi connectivity index (χ3n) is 3.17. The summed E-state index contributed by atoms with van der Waals surface area (Å²) in [5.41, 5.74) is 1.66. The minimum atomic E-state index is -0.523. The molecule has 0 bridgehead atoms. The van der Waals surface area contributed by atoms with E-state index in [4.69, 9.17) is 23.2 Å². The fourth-order valence-corrected chi connectivity index (χ4v) is 3.85. The summed E-state index contributed by atoms with van der Waals surface area (Å²) in [5.74, 6) is 0. The van der Waals surface area contributed by atoms with Crippen molar-refractivity contribution in [2.24, 2.45) is 0 Å². The Morgan fingerprint density at radius 1 is 1.22 bits per heavy atom. The Morgan fingerprint density at radius 3 is 2.72 bits per heavy atom. The number of hydrogen-bond acceptors (Lipinski definition) is 4. The highest BCUT2D eigenvalue weighted by molar-refractivity contribution is 7.22. The molecule has 1 fully saturated rings. The van der Waals surface area contributed by atoms with Crippen LogP contribution in [0.25, 0.3) is 10.3 Å². The summed E-state index contributed by atoms with van der Waals surface area (Å²) in [4.78, 5) is 10.7. The van der Waals surface area contributed by atoms with E-state index in [1.807, 2.05) is 6.07 Å². The zero-order chi connectivity index (χ0) is 12.5.